The molecule has 36 heavy (non-hydrogen) atoms. The van der Waals surface area contributed by atoms with E-state index in [1.165, 1.54) is 0 Å². The van der Waals surface area contributed by atoms with Crippen molar-refractivity contribution in [1.82, 2.24) is 0 Å². The van der Waals surface area contributed by atoms with Crippen molar-refractivity contribution < 1.29 is 18.9 Å². The molecular weight excluding hydrogens is 448 g/mol. The molecule has 0 aliphatic carbocycles. The van der Waals surface area contributed by atoms with E-state index in [9.17, 15) is 0 Å². The predicted octanol–water partition coefficient (Wildman–Crippen LogP) is 7.88. The van der Waals surface area contributed by atoms with Gasteiger partial charge in [0.1, 0.15) is 23.0 Å². The Morgan fingerprint density at radius 2 is 0.889 bits per heavy atom. The summed E-state index contributed by atoms with van der Waals surface area (Å²) < 4.78 is 22.3. The highest BCUT2D eigenvalue weighted by molar-refractivity contribution is 6.10. The number of hydrogen-bond donors (Lipinski definition) is 0. The molecule has 5 aromatic carbocycles. The van der Waals surface area contributed by atoms with E-state index in [0.29, 0.717) is 0 Å². The maximum absolute atomic E-state index is 5.60. The summed E-state index contributed by atoms with van der Waals surface area (Å²) >= 11 is 0. The minimum atomic E-state index is 0.801. The van der Waals surface area contributed by atoms with E-state index in [1.807, 2.05) is 42.5 Å². The molecule has 0 radical (unpaired) electrons. The first kappa shape index (κ1) is 23.3. The zero-order chi connectivity index (χ0) is 25.1. The highest BCUT2D eigenvalue weighted by Gasteiger charge is 2.20. The van der Waals surface area contributed by atoms with Crippen LogP contribution in [-0.4, -0.2) is 28.4 Å². The lowest BCUT2D eigenvalue weighted by molar-refractivity contribution is 0.415. The van der Waals surface area contributed by atoms with Gasteiger partial charge in [-0.1, -0.05) is 42.5 Å². The van der Waals surface area contributed by atoms with E-state index < -0.39 is 0 Å². The first-order valence-corrected chi connectivity index (χ1v) is 11.7. The van der Waals surface area contributed by atoms with Gasteiger partial charge < -0.3 is 18.9 Å². The van der Waals surface area contributed by atoms with Gasteiger partial charge >= 0.3 is 0 Å². The fraction of sp³-hybridized carbons (Fsp3) is 0.125. The van der Waals surface area contributed by atoms with Gasteiger partial charge in [-0.05, 0) is 98.8 Å². The molecule has 0 saturated carbocycles. The number of methoxy groups -OCH3 is 4. The molecule has 0 spiro atoms. The molecule has 0 heterocycles. The lowest BCUT2D eigenvalue weighted by Gasteiger charge is -2.21. The third-order valence-electron chi connectivity index (χ3n) is 6.44. The van der Waals surface area contributed by atoms with Crippen LogP contribution in [0.4, 0.5) is 0 Å². The highest BCUT2D eigenvalue weighted by atomic mass is 16.5. The van der Waals surface area contributed by atoms with Crippen molar-refractivity contribution in [2.24, 2.45) is 0 Å². The van der Waals surface area contributed by atoms with E-state index in [2.05, 4.69) is 54.6 Å². The van der Waals surface area contributed by atoms with Crippen molar-refractivity contribution >= 4 is 10.8 Å². The van der Waals surface area contributed by atoms with Crippen LogP contribution in [0.15, 0.2) is 97.1 Å². The van der Waals surface area contributed by atoms with Crippen molar-refractivity contribution in [2.75, 3.05) is 28.4 Å². The molecule has 4 nitrogen and oxygen atoms in total. The van der Waals surface area contributed by atoms with Gasteiger partial charge in [0.2, 0.25) is 0 Å². The fourth-order valence-electron chi connectivity index (χ4n) is 4.69. The summed E-state index contributed by atoms with van der Waals surface area (Å²) in [6.45, 7) is 0. The smallest absolute Gasteiger partial charge is 0.119 e. The standard InChI is InChI=1S/C32H28O4/c1-33-25-11-5-8-21(16-25)30-20-24-19-28(36-4)14-15-29(24)31(22-9-6-12-26(17-22)34-2)32(30)23-10-7-13-27(18-23)35-3/h5-20H,1-4H3. The Morgan fingerprint density at radius 3 is 1.44 bits per heavy atom. The van der Waals surface area contributed by atoms with Crippen molar-refractivity contribution in [3.63, 3.8) is 0 Å². The lowest BCUT2D eigenvalue weighted by Crippen LogP contribution is -1.95. The van der Waals surface area contributed by atoms with Crippen LogP contribution in [0.5, 0.6) is 23.0 Å². The second-order valence-electron chi connectivity index (χ2n) is 8.46. The molecule has 5 rings (SSSR count). The van der Waals surface area contributed by atoms with Crippen molar-refractivity contribution in [2.45, 2.75) is 0 Å². The van der Waals surface area contributed by atoms with Gasteiger partial charge in [-0.25, -0.2) is 0 Å². The number of hydrogen-bond acceptors (Lipinski definition) is 4. The topological polar surface area (TPSA) is 36.9 Å². The number of benzene rings is 5. The SMILES string of the molecule is COc1cccc(-c2cc3cc(OC)ccc3c(-c3cccc(OC)c3)c2-c2cccc(OC)c2)c1. The monoisotopic (exact) mass is 476 g/mol. The lowest BCUT2D eigenvalue weighted by atomic mass is 9.83. The average molecular weight is 477 g/mol. The Kier molecular flexibility index (Phi) is 6.50. The Bertz CT molecular complexity index is 1540. The van der Waals surface area contributed by atoms with Crippen molar-refractivity contribution in [1.29, 1.82) is 0 Å². The normalized spacial score (nSPS) is 10.8. The largest absolute Gasteiger partial charge is 0.497 e. The van der Waals surface area contributed by atoms with Crippen LogP contribution < -0.4 is 18.9 Å². The highest BCUT2D eigenvalue weighted by Crippen LogP contribution is 2.46. The summed E-state index contributed by atoms with van der Waals surface area (Å²) in [6, 6.07) is 33.0. The van der Waals surface area contributed by atoms with Gasteiger partial charge in [-0.15, -0.1) is 0 Å². The van der Waals surface area contributed by atoms with E-state index in [0.717, 1.165) is 67.2 Å². The molecule has 180 valence electrons. The molecule has 0 aliphatic heterocycles. The minimum Gasteiger partial charge on any atom is -0.497 e. The molecule has 5 aromatic rings. The van der Waals surface area contributed by atoms with Gasteiger partial charge in [0.15, 0.2) is 0 Å². The summed E-state index contributed by atoms with van der Waals surface area (Å²) in [5, 5.41) is 2.20. The van der Waals surface area contributed by atoms with E-state index >= 15 is 0 Å². The average Bonchev–Trinajstić information content (AvgIpc) is 2.95. The molecule has 0 atom stereocenters. The maximum Gasteiger partial charge on any atom is 0.119 e. The van der Waals surface area contributed by atoms with E-state index in [-0.39, 0.29) is 0 Å². The molecule has 0 unspecified atom stereocenters. The summed E-state index contributed by atoms with van der Waals surface area (Å²) in [6.07, 6.45) is 0. The van der Waals surface area contributed by atoms with Crippen molar-refractivity contribution in [3.05, 3.63) is 97.1 Å². The number of rotatable bonds is 7. The summed E-state index contributed by atoms with van der Waals surface area (Å²) in [5.41, 5.74) is 6.48. The van der Waals surface area contributed by atoms with Crippen LogP contribution in [-0.2, 0) is 0 Å². The summed E-state index contributed by atoms with van der Waals surface area (Å²) in [5.74, 6) is 3.22. The Hall–Kier alpha value is -4.44. The van der Waals surface area contributed by atoms with Gasteiger partial charge in [0, 0.05) is 0 Å². The molecule has 4 heteroatoms. The van der Waals surface area contributed by atoms with Gasteiger partial charge in [0.25, 0.3) is 0 Å². The molecule has 0 bridgehead atoms. The third kappa shape index (κ3) is 4.34. The van der Waals surface area contributed by atoms with Crippen molar-refractivity contribution in [3.8, 4) is 56.4 Å². The van der Waals surface area contributed by atoms with Crippen LogP contribution in [0, 0.1) is 0 Å². The quantitative estimate of drug-likeness (QED) is 0.239. The van der Waals surface area contributed by atoms with Gasteiger partial charge in [0.05, 0.1) is 28.4 Å². The minimum absolute atomic E-state index is 0.801. The fourth-order valence-corrected chi connectivity index (χ4v) is 4.69. The van der Waals surface area contributed by atoms with Crippen LogP contribution in [0.2, 0.25) is 0 Å². The number of ether oxygens (including phenoxy) is 4. The molecule has 0 saturated heterocycles. The molecule has 0 amide bonds. The predicted molar refractivity (Wildman–Crippen MR) is 146 cm³/mol. The van der Waals surface area contributed by atoms with Crippen LogP contribution in [0.1, 0.15) is 0 Å². The van der Waals surface area contributed by atoms with E-state index in [4.69, 9.17) is 18.9 Å². The number of fused-ring (bicyclic) bond motifs is 1. The zero-order valence-corrected chi connectivity index (χ0v) is 20.9. The molecular formula is C32H28O4. The Morgan fingerprint density at radius 1 is 0.417 bits per heavy atom. The molecule has 0 fully saturated rings. The third-order valence-corrected chi connectivity index (χ3v) is 6.44. The molecule has 0 aliphatic rings. The zero-order valence-electron chi connectivity index (χ0n) is 20.9. The second-order valence-corrected chi connectivity index (χ2v) is 8.46. The first-order chi connectivity index (χ1) is 17.6. The first-order valence-electron chi connectivity index (χ1n) is 11.7. The molecule has 0 aromatic heterocycles. The van der Waals surface area contributed by atoms with Crippen LogP contribution in [0.3, 0.4) is 0 Å². The maximum atomic E-state index is 5.60. The van der Waals surface area contributed by atoms with Gasteiger partial charge in [-0.3, -0.25) is 0 Å². The van der Waals surface area contributed by atoms with Crippen LogP contribution >= 0.6 is 0 Å². The second kappa shape index (κ2) is 10.0. The summed E-state index contributed by atoms with van der Waals surface area (Å²) in [4.78, 5) is 0. The van der Waals surface area contributed by atoms with Gasteiger partial charge in [-0.2, -0.15) is 0 Å². The van der Waals surface area contributed by atoms with Crippen LogP contribution in [0.25, 0.3) is 44.2 Å². The van der Waals surface area contributed by atoms with E-state index in [1.54, 1.807) is 28.4 Å². The Balaban J connectivity index is 1.96. The summed E-state index contributed by atoms with van der Waals surface area (Å²) in [7, 11) is 6.77. The molecule has 0 N–H and O–H groups in total. The Labute approximate surface area is 211 Å².